The van der Waals surface area contributed by atoms with Crippen LogP contribution in [-0.2, 0) is 19.7 Å². The minimum absolute atomic E-state index is 0.0156. The average molecular weight is 858 g/mol. The molecule has 0 N–H and O–H groups in total. The zero-order valence-corrected chi connectivity index (χ0v) is 31.2. The molecule has 7 aromatic rings. The van der Waals surface area contributed by atoms with E-state index in [9.17, 15) is 36.0 Å². The second kappa shape index (κ2) is 14.9. The molecule has 10 nitrogen and oxygen atoms in total. The van der Waals surface area contributed by atoms with Crippen molar-refractivity contribution in [1.29, 1.82) is 0 Å². The summed E-state index contributed by atoms with van der Waals surface area (Å²) in [7, 11) is -8.12. The lowest BCUT2D eigenvalue weighted by Crippen LogP contribution is -2.03. The van der Waals surface area contributed by atoms with Gasteiger partial charge >= 0.3 is 12.1 Å². The molecule has 0 atom stereocenters. The van der Waals surface area contributed by atoms with Crippen molar-refractivity contribution in [2.24, 2.45) is 0 Å². The molecular weight excluding hydrogens is 842 g/mol. The van der Waals surface area contributed by atoms with Crippen LogP contribution in [0.4, 0.5) is 8.78 Å². The predicted octanol–water partition coefficient (Wildman–Crippen LogP) is 9.98. The summed E-state index contributed by atoms with van der Waals surface area (Å²) >= 11 is 11.2. The molecular formula is C34H16BrClF2N4O6S4. The van der Waals surface area contributed by atoms with E-state index in [1.54, 1.807) is 60.9 Å². The molecule has 52 heavy (non-hydrogen) atoms. The molecule has 0 aliphatic heterocycles. The van der Waals surface area contributed by atoms with Gasteiger partial charge in [-0.2, -0.15) is 0 Å². The number of sulfone groups is 2. The summed E-state index contributed by atoms with van der Waals surface area (Å²) in [4.78, 5) is 8.87. The molecule has 0 aliphatic carbocycles. The summed E-state index contributed by atoms with van der Waals surface area (Å²) in [6.07, 6.45) is 3.13. The Morgan fingerprint density at radius 3 is 1.69 bits per heavy atom. The van der Waals surface area contributed by atoms with Crippen LogP contribution in [0, 0.1) is 34.2 Å². The fourth-order valence-corrected chi connectivity index (χ4v) is 12.4. The third-order valence-electron chi connectivity index (χ3n) is 7.14. The molecule has 3 aromatic carbocycles. The average Bonchev–Trinajstić information content (AvgIpc) is 3.68. The van der Waals surface area contributed by atoms with Crippen LogP contribution in [-0.4, -0.2) is 26.8 Å². The topological polar surface area (TPSA) is 149 Å². The second-order valence-electron chi connectivity index (χ2n) is 10.5. The van der Waals surface area contributed by atoms with Crippen molar-refractivity contribution in [3.63, 3.8) is 0 Å². The van der Waals surface area contributed by atoms with Crippen LogP contribution in [0.1, 0.15) is 11.1 Å². The van der Waals surface area contributed by atoms with Crippen LogP contribution in [0.15, 0.2) is 120 Å². The van der Waals surface area contributed by atoms with Crippen LogP contribution in [0.5, 0.6) is 0 Å². The minimum atomic E-state index is -4.13. The molecule has 260 valence electrons. The molecule has 18 heteroatoms. The first-order valence-electron chi connectivity index (χ1n) is 14.3. The SMILES string of the molecule is O=S(=O)(c1cc(F)cc(C#[N+][O-])c1)c1sc2ncccc2c1-c1ccc(Cl)cc1.O=S(=O)(c1cc(F)cc(C#[N+][O-])c1)c1sc2ncccc2c1Br. The van der Waals surface area contributed by atoms with Gasteiger partial charge in [-0.3, -0.25) is 0 Å². The lowest BCUT2D eigenvalue weighted by molar-refractivity contribution is 0.591. The van der Waals surface area contributed by atoms with Gasteiger partial charge in [0.05, 0.1) is 14.3 Å². The van der Waals surface area contributed by atoms with E-state index in [-0.39, 0.29) is 29.3 Å². The Labute approximate surface area is 315 Å². The highest BCUT2D eigenvalue weighted by molar-refractivity contribution is 9.10. The summed E-state index contributed by atoms with van der Waals surface area (Å²) in [5.41, 5.74) is 0.985. The zero-order chi connectivity index (χ0) is 37.2. The van der Waals surface area contributed by atoms with E-state index >= 15 is 0 Å². The lowest BCUT2D eigenvalue weighted by atomic mass is 10.1. The number of benzene rings is 3. The van der Waals surface area contributed by atoms with Crippen LogP contribution in [0.2, 0.25) is 5.02 Å². The van der Waals surface area contributed by atoms with Gasteiger partial charge in [0.1, 0.15) is 40.8 Å². The van der Waals surface area contributed by atoms with Crippen molar-refractivity contribution < 1.29 is 25.6 Å². The Kier molecular flexibility index (Phi) is 10.5. The van der Waals surface area contributed by atoms with Crippen molar-refractivity contribution in [2.45, 2.75) is 18.2 Å². The quantitative estimate of drug-likeness (QED) is 0.155. The lowest BCUT2D eigenvalue weighted by Gasteiger charge is -2.07. The molecule has 0 spiro atoms. The van der Waals surface area contributed by atoms with E-state index in [0.717, 1.165) is 59.1 Å². The molecule has 7 rings (SSSR count). The number of aromatic nitrogens is 2. The number of nitrogens with zero attached hydrogens (tertiary/aromatic N) is 4. The van der Waals surface area contributed by atoms with Gasteiger partial charge < -0.3 is 10.4 Å². The van der Waals surface area contributed by atoms with E-state index in [1.807, 2.05) is 12.1 Å². The molecule has 0 saturated carbocycles. The van der Waals surface area contributed by atoms with Gasteiger partial charge in [0, 0.05) is 43.8 Å². The predicted molar refractivity (Wildman–Crippen MR) is 201 cm³/mol. The highest BCUT2D eigenvalue weighted by Gasteiger charge is 2.29. The van der Waals surface area contributed by atoms with E-state index in [0.29, 0.717) is 41.1 Å². The number of fused-ring (bicyclic) bond motifs is 2. The first-order valence-corrected chi connectivity index (χ1v) is 20.0. The van der Waals surface area contributed by atoms with Crippen LogP contribution in [0.25, 0.3) is 41.6 Å². The smallest absolute Gasteiger partial charge is 0.336 e. The Balaban J connectivity index is 0.000000183. The van der Waals surface area contributed by atoms with E-state index in [2.05, 4.69) is 35.9 Å². The number of pyridine rings is 2. The van der Waals surface area contributed by atoms with E-state index in [4.69, 9.17) is 11.6 Å². The van der Waals surface area contributed by atoms with Crippen molar-refractivity contribution >= 4 is 90.3 Å². The summed E-state index contributed by atoms with van der Waals surface area (Å²) in [6.45, 7) is 0. The molecule has 0 aliphatic rings. The highest BCUT2D eigenvalue weighted by atomic mass is 79.9. The fourth-order valence-electron chi connectivity index (χ4n) is 4.93. The summed E-state index contributed by atoms with van der Waals surface area (Å²) < 4.78 is 80.5. The summed E-state index contributed by atoms with van der Waals surface area (Å²) in [5, 5.41) is 27.4. The van der Waals surface area contributed by atoms with Gasteiger partial charge in [-0.1, -0.05) is 23.7 Å². The van der Waals surface area contributed by atoms with Crippen molar-refractivity contribution in [1.82, 2.24) is 9.97 Å². The molecule has 0 radical (unpaired) electrons. The fraction of sp³-hybridized carbons (Fsp3) is 0. The first-order chi connectivity index (χ1) is 24.8. The zero-order valence-electron chi connectivity index (χ0n) is 25.6. The molecule has 4 aromatic heterocycles. The first kappa shape index (κ1) is 36.8. The number of rotatable bonds is 5. The van der Waals surface area contributed by atoms with Gasteiger partial charge in [-0.25, -0.2) is 35.6 Å². The maximum Gasteiger partial charge on any atom is 0.336 e. The largest absolute Gasteiger partial charge is 0.498 e. The number of halogens is 4. The van der Waals surface area contributed by atoms with Crippen molar-refractivity contribution in [3.05, 3.63) is 150 Å². The van der Waals surface area contributed by atoms with E-state index in [1.165, 1.54) is 0 Å². The molecule has 4 heterocycles. The standard InChI is InChI=1S/C20H10ClFN2O3S2.C14H6BrFN2O3S2/c21-14-5-3-13(4-6-14)18-17-2-1-7-23-19(17)28-20(18)29(26,27)16-9-12(11-24-25)8-15(22)10-16;15-12-11-2-1-3-17-13(11)22-14(12)23(20,21)10-5-8(7-18-19)4-9(16)6-10/h1-10H;1-6H. The Hall–Kier alpha value is -5.01. The van der Waals surface area contributed by atoms with Crippen molar-refractivity contribution in [3.8, 4) is 23.3 Å². The van der Waals surface area contributed by atoms with Crippen molar-refractivity contribution in [2.75, 3.05) is 0 Å². The molecule has 0 saturated heterocycles. The Bertz CT molecular complexity index is 2880. The monoisotopic (exact) mass is 856 g/mol. The Morgan fingerprint density at radius 1 is 0.692 bits per heavy atom. The maximum atomic E-state index is 14.0. The van der Waals surface area contributed by atoms with Gasteiger partial charge in [0.25, 0.3) is 0 Å². The van der Waals surface area contributed by atoms with E-state index < -0.39 is 31.3 Å². The Morgan fingerprint density at radius 2 is 1.17 bits per heavy atom. The second-order valence-corrected chi connectivity index (χ2v) is 18.0. The number of hydrogen-bond donors (Lipinski definition) is 0. The third kappa shape index (κ3) is 7.33. The molecule has 0 unspecified atom stereocenters. The molecule has 0 fully saturated rings. The van der Waals surface area contributed by atoms with Gasteiger partial charge in [-0.05, 0) is 94.3 Å². The van der Waals surface area contributed by atoms with Gasteiger partial charge in [0.15, 0.2) is 0 Å². The van der Waals surface area contributed by atoms with Gasteiger partial charge in [-0.15, -0.1) is 22.7 Å². The molecule has 0 amide bonds. The normalized spacial score (nSPS) is 11.2. The highest BCUT2D eigenvalue weighted by Crippen LogP contribution is 2.43. The minimum Gasteiger partial charge on any atom is -0.498 e. The summed E-state index contributed by atoms with van der Waals surface area (Å²) in [5.74, 6) is -1.61. The third-order valence-corrected chi connectivity index (χ3v) is 15.5. The molecule has 0 bridgehead atoms. The number of thiophene rings is 2. The number of hydrogen-bond acceptors (Lipinski definition) is 10. The van der Waals surface area contributed by atoms with Crippen LogP contribution in [0.3, 0.4) is 0 Å². The van der Waals surface area contributed by atoms with Crippen LogP contribution >= 0.6 is 50.2 Å². The van der Waals surface area contributed by atoms with Gasteiger partial charge in [0.2, 0.25) is 19.7 Å². The summed E-state index contributed by atoms with van der Waals surface area (Å²) in [6, 6.07) is 23.7. The maximum absolute atomic E-state index is 14.0. The van der Waals surface area contributed by atoms with Crippen LogP contribution < -0.4 is 0 Å².